The monoisotopic (exact) mass is 421 g/mol. The van der Waals surface area contributed by atoms with E-state index in [-0.39, 0.29) is 5.91 Å². The molecule has 0 atom stereocenters. The molecule has 0 radical (unpaired) electrons. The lowest BCUT2D eigenvalue weighted by molar-refractivity contribution is -0.192. The first kappa shape index (κ1) is 22.6. The second-order valence-electron chi connectivity index (χ2n) is 5.84. The Kier molecular flexibility index (Phi) is 7.27. The third-order valence-corrected chi connectivity index (χ3v) is 3.80. The van der Waals surface area contributed by atoms with E-state index in [1.54, 1.807) is 19.4 Å². The number of anilines is 1. The second-order valence-corrected chi connectivity index (χ2v) is 5.84. The van der Waals surface area contributed by atoms with E-state index in [0.29, 0.717) is 17.9 Å². The molecule has 0 fully saturated rings. The van der Waals surface area contributed by atoms with E-state index < -0.39 is 12.1 Å². The lowest BCUT2D eigenvalue weighted by Crippen LogP contribution is -2.21. The molecular formula is C20H18F3N3O4. The van der Waals surface area contributed by atoms with Crippen LogP contribution < -0.4 is 15.4 Å². The number of carbonyl (C=O) groups is 2. The van der Waals surface area contributed by atoms with E-state index in [1.165, 1.54) is 0 Å². The Morgan fingerprint density at radius 3 is 2.63 bits per heavy atom. The van der Waals surface area contributed by atoms with Gasteiger partial charge in [-0.25, -0.2) is 4.79 Å². The molecule has 0 saturated carbocycles. The standard InChI is InChI=1S/C18H17N3O2.C2HF3O2/c1-19-9-4-6-12-5-3-7-14-17(12)13(18(22)21-14)11-15-16(23-2)8-10-20-15;3-2(4,5)1(6)7/h3,5,7-8,10-11,19-20H,9H2,1-2H3,(H,21,22);(H,6,7)/b13-11-;. The van der Waals surface area contributed by atoms with Crippen molar-refractivity contribution in [2.24, 2.45) is 0 Å². The minimum Gasteiger partial charge on any atom is -0.495 e. The van der Waals surface area contributed by atoms with Crippen molar-refractivity contribution in [3.05, 3.63) is 47.3 Å². The Balaban J connectivity index is 0.000000396. The number of nitrogens with one attached hydrogen (secondary N) is 3. The Hall–Kier alpha value is -3.71. The molecule has 0 spiro atoms. The summed E-state index contributed by atoms with van der Waals surface area (Å²) in [6.45, 7) is 0.592. The maximum atomic E-state index is 12.3. The minimum absolute atomic E-state index is 0.139. The SMILES string of the molecule is CNCC#Cc1cccc2c1/C(=C/c1[nH]ccc1OC)C(=O)N2.O=C(O)C(F)(F)F. The van der Waals surface area contributed by atoms with E-state index >= 15 is 0 Å². The molecule has 1 amide bonds. The number of fused-ring (bicyclic) bond motifs is 1. The fraction of sp³-hybridized carbons (Fsp3) is 0.200. The van der Waals surface area contributed by atoms with Gasteiger partial charge < -0.3 is 25.5 Å². The molecule has 10 heteroatoms. The van der Waals surface area contributed by atoms with Crippen molar-refractivity contribution in [2.45, 2.75) is 6.18 Å². The molecule has 4 N–H and O–H groups in total. The van der Waals surface area contributed by atoms with Gasteiger partial charge in [-0.3, -0.25) is 4.79 Å². The Bertz CT molecular complexity index is 1030. The third-order valence-electron chi connectivity index (χ3n) is 3.80. The number of hydrogen-bond acceptors (Lipinski definition) is 4. The van der Waals surface area contributed by atoms with Gasteiger partial charge in [0, 0.05) is 17.3 Å². The van der Waals surface area contributed by atoms with Crippen LogP contribution in [-0.2, 0) is 9.59 Å². The van der Waals surface area contributed by atoms with Crippen LogP contribution in [-0.4, -0.2) is 48.8 Å². The number of carboxylic acid groups (broad SMARTS) is 1. The number of ether oxygens (including phenoxy) is 1. The number of aliphatic carboxylic acids is 1. The van der Waals surface area contributed by atoms with Gasteiger partial charge >= 0.3 is 12.1 Å². The number of carboxylic acids is 1. The molecule has 0 aliphatic carbocycles. The van der Waals surface area contributed by atoms with E-state index in [4.69, 9.17) is 14.6 Å². The van der Waals surface area contributed by atoms with Crippen molar-refractivity contribution in [3.8, 4) is 17.6 Å². The van der Waals surface area contributed by atoms with Crippen LogP contribution in [0.5, 0.6) is 5.75 Å². The van der Waals surface area contributed by atoms with Gasteiger partial charge in [0.1, 0.15) is 5.75 Å². The highest BCUT2D eigenvalue weighted by Gasteiger charge is 2.38. The molecule has 1 aliphatic rings. The molecule has 1 aromatic heterocycles. The summed E-state index contributed by atoms with van der Waals surface area (Å²) in [5.41, 5.74) is 3.77. The van der Waals surface area contributed by atoms with Gasteiger partial charge in [0.15, 0.2) is 0 Å². The van der Waals surface area contributed by atoms with Crippen molar-refractivity contribution in [3.63, 3.8) is 0 Å². The number of alkyl halides is 3. The first-order valence-electron chi connectivity index (χ1n) is 8.50. The fourth-order valence-electron chi connectivity index (χ4n) is 2.52. The number of halogens is 3. The summed E-state index contributed by atoms with van der Waals surface area (Å²) in [4.78, 5) is 24.3. The Morgan fingerprint density at radius 2 is 2.03 bits per heavy atom. The van der Waals surface area contributed by atoms with Crippen molar-refractivity contribution in [2.75, 3.05) is 26.0 Å². The maximum Gasteiger partial charge on any atom is 0.490 e. The molecule has 2 heterocycles. The highest BCUT2D eigenvalue weighted by atomic mass is 19.4. The number of amides is 1. The predicted molar refractivity (Wildman–Crippen MR) is 105 cm³/mol. The third kappa shape index (κ3) is 5.42. The summed E-state index contributed by atoms with van der Waals surface area (Å²) >= 11 is 0. The van der Waals surface area contributed by atoms with Gasteiger partial charge in [-0.05, 0) is 31.3 Å². The zero-order valence-corrected chi connectivity index (χ0v) is 16.0. The number of aromatic nitrogens is 1. The Morgan fingerprint density at radius 1 is 1.33 bits per heavy atom. The highest BCUT2D eigenvalue weighted by Crippen LogP contribution is 2.36. The Labute approximate surface area is 169 Å². The molecule has 0 saturated heterocycles. The van der Waals surface area contributed by atoms with Crippen LogP contribution in [0.2, 0.25) is 0 Å². The first-order valence-corrected chi connectivity index (χ1v) is 8.50. The van der Waals surface area contributed by atoms with Gasteiger partial charge in [0.05, 0.1) is 30.6 Å². The van der Waals surface area contributed by atoms with Crippen LogP contribution >= 0.6 is 0 Å². The smallest absolute Gasteiger partial charge is 0.490 e. The number of aromatic amines is 1. The zero-order valence-electron chi connectivity index (χ0n) is 16.0. The topological polar surface area (TPSA) is 103 Å². The van der Waals surface area contributed by atoms with Crippen molar-refractivity contribution < 1.29 is 32.6 Å². The summed E-state index contributed by atoms with van der Waals surface area (Å²) < 4.78 is 37.0. The van der Waals surface area contributed by atoms with Crippen LogP contribution in [0.25, 0.3) is 11.6 Å². The van der Waals surface area contributed by atoms with E-state index in [2.05, 4.69) is 27.5 Å². The highest BCUT2D eigenvalue weighted by molar-refractivity contribution is 6.35. The zero-order chi connectivity index (χ0) is 22.3. The normalized spacial score (nSPS) is 13.5. The second kappa shape index (κ2) is 9.67. The van der Waals surface area contributed by atoms with Crippen LogP contribution in [0.4, 0.5) is 18.9 Å². The van der Waals surface area contributed by atoms with Crippen LogP contribution in [0.15, 0.2) is 30.5 Å². The summed E-state index contributed by atoms with van der Waals surface area (Å²) in [6, 6.07) is 7.50. The minimum atomic E-state index is -5.08. The lowest BCUT2D eigenvalue weighted by Gasteiger charge is -2.03. The molecule has 30 heavy (non-hydrogen) atoms. The molecule has 7 nitrogen and oxygen atoms in total. The lowest BCUT2D eigenvalue weighted by atomic mass is 9.99. The molecule has 1 aromatic carbocycles. The number of H-pyrrole nitrogens is 1. The number of rotatable bonds is 3. The molecular weight excluding hydrogens is 403 g/mol. The number of benzene rings is 1. The van der Waals surface area contributed by atoms with Gasteiger partial charge in [0.2, 0.25) is 0 Å². The summed E-state index contributed by atoms with van der Waals surface area (Å²) in [5.74, 6) is 3.95. The van der Waals surface area contributed by atoms with Crippen molar-refractivity contribution in [1.82, 2.24) is 10.3 Å². The summed E-state index contributed by atoms with van der Waals surface area (Å²) in [5, 5.41) is 13.0. The summed E-state index contributed by atoms with van der Waals surface area (Å²) in [7, 11) is 3.44. The van der Waals surface area contributed by atoms with E-state index in [9.17, 15) is 18.0 Å². The molecule has 0 unspecified atom stereocenters. The largest absolute Gasteiger partial charge is 0.495 e. The van der Waals surface area contributed by atoms with Gasteiger partial charge in [-0.2, -0.15) is 13.2 Å². The average Bonchev–Trinajstić information content (AvgIpc) is 3.26. The van der Waals surface area contributed by atoms with Gasteiger partial charge in [0.25, 0.3) is 5.91 Å². The van der Waals surface area contributed by atoms with Gasteiger partial charge in [-0.15, -0.1) is 0 Å². The first-order chi connectivity index (χ1) is 14.2. The number of methoxy groups -OCH3 is 1. The quantitative estimate of drug-likeness (QED) is 0.451. The van der Waals surface area contributed by atoms with Crippen LogP contribution in [0.1, 0.15) is 16.8 Å². The van der Waals surface area contributed by atoms with Crippen LogP contribution in [0, 0.1) is 11.8 Å². The number of hydrogen-bond donors (Lipinski definition) is 4. The maximum absolute atomic E-state index is 12.3. The van der Waals surface area contributed by atoms with Gasteiger partial charge in [-0.1, -0.05) is 17.9 Å². The van der Waals surface area contributed by atoms with Crippen LogP contribution in [0.3, 0.4) is 0 Å². The van der Waals surface area contributed by atoms with E-state index in [1.807, 2.05) is 31.3 Å². The van der Waals surface area contributed by atoms with E-state index in [0.717, 1.165) is 22.5 Å². The van der Waals surface area contributed by atoms with Crippen molar-refractivity contribution in [1.29, 1.82) is 0 Å². The summed E-state index contributed by atoms with van der Waals surface area (Å²) in [6.07, 6.45) is -1.51. The molecule has 158 valence electrons. The average molecular weight is 421 g/mol. The predicted octanol–water partition coefficient (Wildman–Crippen LogP) is 2.72. The molecule has 0 bridgehead atoms. The fourth-order valence-corrected chi connectivity index (χ4v) is 2.52. The van der Waals surface area contributed by atoms with Crippen molar-refractivity contribution >= 4 is 29.2 Å². The molecule has 1 aliphatic heterocycles. The number of carbonyl (C=O) groups excluding carboxylic acids is 1. The molecule has 3 rings (SSSR count). The molecule has 2 aromatic rings.